The fourth-order valence-electron chi connectivity index (χ4n) is 0.826. The number of allylic oxidation sites excluding steroid dienone is 1. The molecule has 0 aliphatic rings. The Kier molecular flexibility index (Phi) is 10.3. The molecule has 0 aromatic heterocycles. The van der Waals surface area contributed by atoms with E-state index in [0.717, 1.165) is 34.5 Å². The second kappa shape index (κ2) is 9.03. The third kappa shape index (κ3) is 7.26. The SMILES string of the molecule is C=C(CC(Br)CBr)[C](Cl)CC(Br)CBr. The molecule has 0 nitrogen and oxygen atoms in total. The highest BCUT2D eigenvalue weighted by Crippen LogP contribution is 2.30. The summed E-state index contributed by atoms with van der Waals surface area (Å²) in [5.41, 5.74) is 1.01. The summed E-state index contributed by atoms with van der Waals surface area (Å²) < 4.78 is 0. The number of alkyl halides is 4. The van der Waals surface area contributed by atoms with Gasteiger partial charge >= 0.3 is 0 Å². The van der Waals surface area contributed by atoms with E-state index in [2.05, 4.69) is 70.3 Å². The number of hydrogen-bond donors (Lipinski definition) is 0. The van der Waals surface area contributed by atoms with Crippen molar-refractivity contribution in [3.63, 3.8) is 0 Å². The predicted octanol–water partition coefficient (Wildman–Crippen LogP) is 5.41. The van der Waals surface area contributed by atoms with Crippen molar-refractivity contribution in [3.05, 3.63) is 17.5 Å². The van der Waals surface area contributed by atoms with E-state index in [0.29, 0.717) is 9.65 Å². The molecule has 0 amide bonds. The van der Waals surface area contributed by atoms with Gasteiger partial charge in [-0.1, -0.05) is 75.9 Å². The zero-order valence-electron chi connectivity index (χ0n) is 7.58. The molecule has 0 aliphatic carbocycles. The van der Waals surface area contributed by atoms with E-state index < -0.39 is 0 Å². The third-order valence-electron chi connectivity index (χ3n) is 1.59. The zero-order chi connectivity index (χ0) is 11.1. The summed E-state index contributed by atoms with van der Waals surface area (Å²) in [6.07, 6.45) is 1.71. The smallest absolute Gasteiger partial charge is 0.0893 e. The lowest BCUT2D eigenvalue weighted by Crippen LogP contribution is -2.08. The molecule has 0 spiro atoms. The summed E-state index contributed by atoms with van der Waals surface area (Å²) >= 11 is 20.0. The lowest BCUT2D eigenvalue weighted by molar-refractivity contribution is 0.875. The summed E-state index contributed by atoms with van der Waals surface area (Å²) in [5, 5.41) is 2.66. The topological polar surface area (TPSA) is 0 Å². The van der Waals surface area contributed by atoms with Crippen molar-refractivity contribution < 1.29 is 0 Å². The van der Waals surface area contributed by atoms with E-state index >= 15 is 0 Å². The van der Waals surface area contributed by atoms with Gasteiger partial charge in [-0.05, 0) is 12.8 Å². The fourth-order valence-corrected chi connectivity index (χ4v) is 2.45. The van der Waals surface area contributed by atoms with Gasteiger partial charge in [0.2, 0.25) is 0 Å². The zero-order valence-corrected chi connectivity index (χ0v) is 14.7. The van der Waals surface area contributed by atoms with Crippen molar-refractivity contribution in [2.45, 2.75) is 22.5 Å². The van der Waals surface area contributed by atoms with Crippen molar-refractivity contribution in [3.8, 4) is 0 Å². The van der Waals surface area contributed by atoms with Crippen LogP contribution in [0.15, 0.2) is 12.2 Å². The Balaban J connectivity index is 3.87. The van der Waals surface area contributed by atoms with Gasteiger partial charge in [-0.15, -0.1) is 11.6 Å². The minimum absolute atomic E-state index is 0.379. The van der Waals surface area contributed by atoms with E-state index in [9.17, 15) is 0 Å². The summed E-state index contributed by atoms with van der Waals surface area (Å²) in [6, 6.07) is 0. The van der Waals surface area contributed by atoms with Crippen molar-refractivity contribution in [1.29, 1.82) is 0 Å². The van der Waals surface area contributed by atoms with Crippen LogP contribution in [0.2, 0.25) is 0 Å². The molecule has 0 rings (SSSR count). The molecule has 1 radical (unpaired) electrons. The maximum atomic E-state index is 6.14. The molecule has 5 heteroatoms. The first-order valence-corrected chi connectivity index (χ1v) is 8.56. The second-order valence-corrected chi connectivity index (χ2v) is 7.26. The van der Waals surface area contributed by atoms with Crippen molar-refractivity contribution in [2.75, 3.05) is 10.7 Å². The molecule has 0 aromatic rings. The van der Waals surface area contributed by atoms with E-state index in [1.807, 2.05) is 0 Å². The highest BCUT2D eigenvalue weighted by Gasteiger charge is 2.17. The maximum absolute atomic E-state index is 6.14. The molecule has 0 saturated heterocycles. The van der Waals surface area contributed by atoms with E-state index in [1.54, 1.807) is 0 Å². The monoisotopic (exact) mass is 471 g/mol. The van der Waals surface area contributed by atoms with Crippen LogP contribution < -0.4 is 0 Å². The average Bonchev–Trinajstić information content (AvgIpc) is 2.17. The molecule has 83 valence electrons. The Morgan fingerprint density at radius 1 is 1.07 bits per heavy atom. The van der Waals surface area contributed by atoms with E-state index in [1.165, 1.54) is 0 Å². The van der Waals surface area contributed by atoms with Crippen molar-refractivity contribution in [2.24, 2.45) is 0 Å². The van der Waals surface area contributed by atoms with Gasteiger partial charge in [0.05, 0.1) is 5.38 Å². The lowest BCUT2D eigenvalue weighted by Gasteiger charge is -2.16. The Hall–Kier alpha value is 1.95. The van der Waals surface area contributed by atoms with Crippen molar-refractivity contribution >= 4 is 75.3 Å². The average molecular weight is 475 g/mol. The van der Waals surface area contributed by atoms with Crippen LogP contribution in [0.5, 0.6) is 0 Å². The lowest BCUT2D eigenvalue weighted by atomic mass is 10.1. The molecule has 0 bridgehead atoms. The molecular weight excluding hydrogens is 463 g/mol. The van der Waals surface area contributed by atoms with Crippen LogP contribution in [-0.4, -0.2) is 20.3 Å². The summed E-state index contributed by atoms with van der Waals surface area (Å²) in [4.78, 5) is 0.783. The van der Waals surface area contributed by atoms with Gasteiger partial charge in [0.15, 0.2) is 0 Å². The minimum atomic E-state index is 0.379. The predicted molar refractivity (Wildman–Crippen MR) is 80.5 cm³/mol. The van der Waals surface area contributed by atoms with Crippen molar-refractivity contribution in [1.82, 2.24) is 0 Å². The molecule has 2 atom stereocenters. The maximum Gasteiger partial charge on any atom is 0.0893 e. The second-order valence-electron chi connectivity index (χ2n) is 2.92. The Bertz CT molecular complexity index is 174. The van der Waals surface area contributed by atoms with E-state index in [-0.39, 0.29) is 0 Å². The molecule has 0 aliphatic heterocycles. The van der Waals surface area contributed by atoms with Gasteiger partial charge in [0.25, 0.3) is 0 Å². The fraction of sp³-hybridized carbons (Fsp3) is 0.667. The van der Waals surface area contributed by atoms with Crippen LogP contribution in [0, 0.1) is 5.38 Å². The van der Waals surface area contributed by atoms with Gasteiger partial charge in [0.1, 0.15) is 0 Å². The highest BCUT2D eigenvalue weighted by atomic mass is 79.9. The highest BCUT2D eigenvalue weighted by molar-refractivity contribution is 9.12. The number of hydrogen-bond acceptors (Lipinski definition) is 0. The largest absolute Gasteiger partial charge is 0.112 e. The van der Waals surface area contributed by atoms with Crippen LogP contribution in [0.3, 0.4) is 0 Å². The summed E-state index contributed by atoms with van der Waals surface area (Å²) in [5.74, 6) is 0. The summed E-state index contributed by atoms with van der Waals surface area (Å²) in [7, 11) is 0. The van der Waals surface area contributed by atoms with Crippen LogP contribution in [-0.2, 0) is 0 Å². The van der Waals surface area contributed by atoms with Crippen LogP contribution in [0.4, 0.5) is 0 Å². The van der Waals surface area contributed by atoms with Crippen LogP contribution in [0.25, 0.3) is 0 Å². The van der Waals surface area contributed by atoms with Gasteiger partial charge < -0.3 is 0 Å². The van der Waals surface area contributed by atoms with Gasteiger partial charge in [-0.2, -0.15) is 0 Å². The van der Waals surface area contributed by atoms with E-state index in [4.69, 9.17) is 11.6 Å². The first-order chi connectivity index (χ1) is 6.51. The van der Waals surface area contributed by atoms with Gasteiger partial charge in [0, 0.05) is 20.3 Å². The number of rotatable bonds is 7. The van der Waals surface area contributed by atoms with Gasteiger partial charge in [-0.25, -0.2) is 0 Å². The van der Waals surface area contributed by atoms with Gasteiger partial charge in [-0.3, -0.25) is 0 Å². The standard InChI is InChI=1S/C9H12Br4Cl/c1-6(2-7(12)4-10)9(14)3-8(13)5-11/h7-8H,1-5H2. The Labute approximate surface area is 125 Å². The number of halogens is 5. The summed E-state index contributed by atoms with van der Waals surface area (Å²) in [6.45, 7) is 3.97. The molecule has 2 unspecified atom stereocenters. The quantitative estimate of drug-likeness (QED) is 0.432. The molecule has 0 N–H and O–H groups in total. The molecule has 0 saturated carbocycles. The molecule has 0 heterocycles. The third-order valence-corrected chi connectivity index (χ3v) is 6.60. The molecule has 14 heavy (non-hydrogen) atoms. The first-order valence-electron chi connectivity index (χ1n) is 4.10. The molecule has 0 fully saturated rings. The Morgan fingerprint density at radius 2 is 1.50 bits per heavy atom. The Morgan fingerprint density at radius 3 is 1.93 bits per heavy atom. The minimum Gasteiger partial charge on any atom is -0.112 e. The molecular formula is C9H12Br4Cl. The first kappa shape index (κ1) is 16.0. The van der Waals surface area contributed by atoms with Crippen LogP contribution >= 0.6 is 75.3 Å². The van der Waals surface area contributed by atoms with Crippen LogP contribution in [0.1, 0.15) is 12.8 Å². The normalized spacial score (nSPS) is 15.6. The molecule has 0 aromatic carbocycles.